The number of aliphatic hydroxyl groups excluding tert-OH is 1. The number of aliphatic hydroxyl groups is 1. The third-order valence-corrected chi connectivity index (χ3v) is 6.01. The van der Waals surface area contributed by atoms with Crippen LogP contribution in [0.5, 0.6) is 0 Å². The average Bonchev–Trinajstić information content (AvgIpc) is 2.53. The van der Waals surface area contributed by atoms with E-state index < -0.39 is 21.9 Å². The third-order valence-electron chi connectivity index (χ3n) is 4.09. The van der Waals surface area contributed by atoms with Crippen LogP contribution in [0, 0.1) is 17.1 Å². The normalized spacial score (nSPS) is 17.9. The van der Waals surface area contributed by atoms with Crippen molar-refractivity contribution in [1.82, 2.24) is 4.31 Å². The molecule has 5 nitrogen and oxygen atoms in total. The zero-order valence-electron chi connectivity index (χ0n) is 13.1. The molecule has 0 amide bonds. The minimum atomic E-state index is -3.89. The van der Waals surface area contributed by atoms with Gasteiger partial charge in [0.2, 0.25) is 10.0 Å². The van der Waals surface area contributed by atoms with Crippen molar-refractivity contribution in [3.63, 3.8) is 0 Å². The molecule has 23 heavy (non-hydrogen) atoms. The molecule has 0 saturated heterocycles. The molecule has 1 aliphatic carbocycles. The van der Waals surface area contributed by atoms with Crippen molar-refractivity contribution < 1.29 is 17.9 Å². The fraction of sp³-hybridized carbons (Fsp3) is 0.562. The smallest absolute Gasteiger partial charge is 0.243 e. The second-order valence-corrected chi connectivity index (χ2v) is 7.86. The van der Waals surface area contributed by atoms with E-state index in [0.29, 0.717) is 0 Å². The number of hydrogen-bond acceptors (Lipinski definition) is 4. The van der Waals surface area contributed by atoms with Gasteiger partial charge in [0.25, 0.3) is 0 Å². The fourth-order valence-corrected chi connectivity index (χ4v) is 4.75. The van der Waals surface area contributed by atoms with Gasteiger partial charge in [-0.25, -0.2) is 12.8 Å². The van der Waals surface area contributed by atoms with Crippen LogP contribution < -0.4 is 0 Å². The summed E-state index contributed by atoms with van der Waals surface area (Å²) in [6, 6.07) is 4.71. The first kappa shape index (κ1) is 17.9. The molecule has 1 N–H and O–H groups in total. The van der Waals surface area contributed by atoms with E-state index in [0.717, 1.165) is 44.2 Å². The lowest BCUT2D eigenvalue weighted by atomic mass is 9.95. The molecular weight excluding hydrogens is 319 g/mol. The maximum absolute atomic E-state index is 13.5. The Labute approximate surface area is 136 Å². The highest BCUT2D eigenvalue weighted by molar-refractivity contribution is 7.89. The summed E-state index contributed by atoms with van der Waals surface area (Å²) in [5, 5.41) is 18.6. The molecule has 1 aliphatic rings. The number of halogens is 1. The average molecular weight is 340 g/mol. The second kappa shape index (κ2) is 7.39. The van der Waals surface area contributed by atoms with Crippen molar-refractivity contribution in [3.05, 3.63) is 29.6 Å². The maximum atomic E-state index is 13.5. The minimum absolute atomic E-state index is 0.00768. The molecule has 126 valence electrons. The van der Waals surface area contributed by atoms with Crippen LogP contribution in [0.3, 0.4) is 0 Å². The van der Waals surface area contributed by atoms with Gasteiger partial charge < -0.3 is 5.11 Å². The first-order chi connectivity index (χ1) is 10.9. The number of hydrogen-bond donors (Lipinski definition) is 1. The second-order valence-electron chi connectivity index (χ2n) is 5.97. The van der Waals surface area contributed by atoms with E-state index in [2.05, 4.69) is 0 Å². The van der Waals surface area contributed by atoms with Crippen LogP contribution in [0.25, 0.3) is 0 Å². The van der Waals surface area contributed by atoms with Gasteiger partial charge in [-0.05, 0) is 38.0 Å². The van der Waals surface area contributed by atoms with Crippen LogP contribution in [0.4, 0.5) is 4.39 Å². The molecule has 0 radical (unpaired) electrons. The van der Waals surface area contributed by atoms with Crippen LogP contribution >= 0.6 is 0 Å². The highest BCUT2D eigenvalue weighted by atomic mass is 32.2. The van der Waals surface area contributed by atoms with E-state index in [-0.39, 0.29) is 23.0 Å². The lowest BCUT2D eigenvalue weighted by Crippen LogP contribution is -2.44. The Morgan fingerprint density at radius 3 is 2.61 bits per heavy atom. The molecule has 1 aromatic rings. The third kappa shape index (κ3) is 4.08. The highest BCUT2D eigenvalue weighted by Crippen LogP contribution is 2.28. The molecule has 0 heterocycles. The van der Waals surface area contributed by atoms with Gasteiger partial charge in [0.1, 0.15) is 11.9 Å². The van der Waals surface area contributed by atoms with E-state index in [4.69, 9.17) is 5.26 Å². The molecule has 1 fully saturated rings. The molecule has 0 bridgehead atoms. The van der Waals surface area contributed by atoms with Crippen molar-refractivity contribution in [1.29, 1.82) is 5.26 Å². The lowest BCUT2D eigenvalue weighted by Gasteiger charge is -2.34. The Morgan fingerprint density at radius 2 is 2.04 bits per heavy atom. The molecule has 0 aromatic heterocycles. The molecule has 1 saturated carbocycles. The van der Waals surface area contributed by atoms with E-state index in [1.54, 1.807) is 6.07 Å². The van der Waals surface area contributed by atoms with Gasteiger partial charge in [-0.3, -0.25) is 0 Å². The van der Waals surface area contributed by atoms with Crippen molar-refractivity contribution in [3.8, 4) is 6.07 Å². The summed E-state index contributed by atoms with van der Waals surface area (Å²) < 4.78 is 40.6. The van der Waals surface area contributed by atoms with Crippen LogP contribution in [-0.2, 0) is 10.0 Å². The summed E-state index contributed by atoms with van der Waals surface area (Å²) in [5.74, 6) is -0.744. The molecule has 0 spiro atoms. The largest absolute Gasteiger partial charge is 0.392 e. The van der Waals surface area contributed by atoms with E-state index in [1.165, 1.54) is 17.3 Å². The van der Waals surface area contributed by atoms with E-state index in [9.17, 15) is 17.9 Å². The van der Waals surface area contributed by atoms with Crippen molar-refractivity contribution >= 4 is 10.0 Å². The monoisotopic (exact) mass is 340 g/mol. The van der Waals surface area contributed by atoms with Crippen molar-refractivity contribution in [2.75, 3.05) is 6.54 Å². The molecule has 1 aromatic carbocycles. The topological polar surface area (TPSA) is 81.4 Å². The summed E-state index contributed by atoms with van der Waals surface area (Å²) in [5.41, 5.74) is -0.299. The summed E-state index contributed by atoms with van der Waals surface area (Å²) in [7, 11) is -3.89. The van der Waals surface area contributed by atoms with Gasteiger partial charge in [-0.2, -0.15) is 9.57 Å². The van der Waals surface area contributed by atoms with E-state index in [1.807, 2.05) is 0 Å². The van der Waals surface area contributed by atoms with Gasteiger partial charge in [-0.15, -0.1) is 0 Å². The molecule has 2 rings (SSSR count). The predicted molar refractivity (Wildman–Crippen MR) is 83.6 cm³/mol. The van der Waals surface area contributed by atoms with E-state index >= 15 is 0 Å². The van der Waals surface area contributed by atoms with Gasteiger partial charge in [-0.1, -0.05) is 19.3 Å². The number of sulfonamides is 1. The molecule has 7 heteroatoms. The summed E-state index contributed by atoms with van der Waals surface area (Å²) in [4.78, 5) is -0.110. The zero-order valence-corrected chi connectivity index (χ0v) is 13.9. The maximum Gasteiger partial charge on any atom is 0.243 e. The Balaban J connectivity index is 2.41. The standard InChI is InChI=1S/C16H21FN2O3S/c1-12(20)11-19(14-5-3-2-4-6-14)23(21,22)15-7-8-16(17)13(9-15)10-18/h7-9,12,14,20H,2-6,11H2,1H3. The van der Waals surface area contributed by atoms with Gasteiger partial charge >= 0.3 is 0 Å². The minimum Gasteiger partial charge on any atom is -0.392 e. The van der Waals surface area contributed by atoms with Gasteiger partial charge in [0.05, 0.1) is 16.6 Å². The lowest BCUT2D eigenvalue weighted by molar-refractivity contribution is 0.136. The van der Waals surface area contributed by atoms with Crippen LogP contribution in [-0.4, -0.2) is 36.5 Å². The highest BCUT2D eigenvalue weighted by Gasteiger charge is 2.33. The van der Waals surface area contributed by atoms with Crippen molar-refractivity contribution in [2.45, 2.75) is 56.1 Å². The van der Waals surface area contributed by atoms with Gasteiger partial charge in [0.15, 0.2) is 0 Å². The quantitative estimate of drug-likeness (QED) is 0.892. The Kier molecular flexibility index (Phi) is 5.74. The molecular formula is C16H21FN2O3S. The zero-order chi connectivity index (χ0) is 17.0. The Bertz CT molecular complexity index is 692. The number of benzene rings is 1. The first-order valence-electron chi connectivity index (χ1n) is 7.76. The molecule has 0 aliphatic heterocycles. The summed E-state index contributed by atoms with van der Waals surface area (Å²) >= 11 is 0. The van der Waals surface area contributed by atoms with Crippen molar-refractivity contribution in [2.24, 2.45) is 0 Å². The van der Waals surface area contributed by atoms with Gasteiger partial charge in [0, 0.05) is 12.6 Å². The number of nitriles is 1. The van der Waals surface area contributed by atoms with Crippen LogP contribution in [0.2, 0.25) is 0 Å². The van der Waals surface area contributed by atoms with Crippen LogP contribution in [0.15, 0.2) is 23.1 Å². The summed E-state index contributed by atoms with van der Waals surface area (Å²) in [6.45, 7) is 1.53. The number of rotatable bonds is 5. The fourth-order valence-electron chi connectivity index (χ4n) is 2.96. The predicted octanol–water partition coefficient (Wildman–Crippen LogP) is 2.40. The molecule has 1 unspecified atom stereocenters. The SMILES string of the molecule is CC(O)CN(C1CCCCC1)S(=O)(=O)c1ccc(F)c(C#N)c1. The number of nitrogens with zero attached hydrogens (tertiary/aromatic N) is 2. The Hall–Kier alpha value is -1.49. The summed E-state index contributed by atoms with van der Waals surface area (Å²) in [6.07, 6.45) is 3.67. The first-order valence-corrected chi connectivity index (χ1v) is 9.20. The Morgan fingerprint density at radius 1 is 1.39 bits per heavy atom. The molecule has 1 atom stereocenters. The van der Waals surface area contributed by atoms with Crippen LogP contribution in [0.1, 0.15) is 44.6 Å².